The van der Waals surface area contributed by atoms with E-state index in [0.717, 1.165) is 6.20 Å². The van der Waals surface area contributed by atoms with Gasteiger partial charge in [0, 0.05) is 29.7 Å². The van der Waals surface area contributed by atoms with Crippen LogP contribution in [-0.2, 0) is 12.8 Å². The van der Waals surface area contributed by atoms with Crippen LogP contribution in [0.15, 0.2) is 30.7 Å². The lowest BCUT2D eigenvalue weighted by molar-refractivity contribution is -0.142. The number of nitrogens with zero attached hydrogens (tertiary/aromatic N) is 3. The SMILES string of the molecule is OCc1cnc(-c2ccncc2)nc1C(F)(F)F. The average molecular weight is 255 g/mol. The van der Waals surface area contributed by atoms with Gasteiger partial charge in [-0.15, -0.1) is 0 Å². The van der Waals surface area contributed by atoms with Crippen LogP contribution in [-0.4, -0.2) is 20.1 Å². The molecule has 0 saturated heterocycles. The first-order chi connectivity index (χ1) is 8.52. The van der Waals surface area contributed by atoms with Crippen molar-refractivity contribution in [3.05, 3.63) is 42.0 Å². The fourth-order valence-corrected chi connectivity index (χ4v) is 1.41. The largest absolute Gasteiger partial charge is 0.433 e. The Morgan fingerprint density at radius 3 is 2.39 bits per heavy atom. The van der Waals surface area contributed by atoms with Crippen molar-refractivity contribution >= 4 is 0 Å². The maximum Gasteiger partial charge on any atom is 0.433 e. The van der Waals surface area contributed by atoms with Crippen LogP contribution in [0.3, 0.4) is 0 Å². The van der Waals surface area contributed by atoms with Crippen molar-refractivity contribution in [3.63, 3.8) is 0 Å². The van der Waals surface area contributed by atoms with Crippen LogP contribution < -0.4 is 0 Å². The second kappa shape index (κ2) is 4.69. The first-order valence-corrected chi connectivity index (χ1v) is 4.96. The van der Waals surface area contributed by atoms with Gasteiger partial charge in [-0.3, -0.25) is 4.98 Å². The van der Waals surface area contributed by atoms with Gasteiger partial charge in [-0.2, -0.15) is 13.2 Å². The third-order valence-corrected chi connectivity index (χ3v) is 2.24. The second-order valence-electron chi connectivity index (χ2n) is 3.46. The van der Waals surface area contributed by atoms with Crippen molar-refractivity contribution in [1.82, 2.24) is 15.0 Å². The van der Waals surface area contributed by atoms with Crippen LogP contribution in [0.5, 0.6) is 0 Å². The standard InChI is InChI=1S/C11H8F3N3O/c12-11(13,14)9-8(6-18)5-16-10(17-9)7-1-3-15-4-2-7/h1-5,18H,6H2. The lowest BCUT2D eigenvalue weighted by Crippen LogP contribution is -2.13. The first-order valence-electron chi connectivity index (χ1n) is 4.96. The van der Waals surface area contributed by atoms with E-state index in [1.54, 1.807) is 0 Å². The molecule has 18 heavy (non-hydrogen) atoms. The van der Waals surface area contributed by atoms with Gasteiger partial charge in [0.2, 0.25) is 0 Å². The predicted molar refractivity (Wildman–Crippen MR) is 56.2 cm³/mol. The van der Waals surface area contributed by atoms with E-state index in [-0.39, 0.29) is 11.4 Å². The highest BCUT2D eigenvalue weighted by Crippen LogP contribution is 2.31. The van der Waals surface area contributed by atoms with Crippen LogP contribution in [0, 0.1) is 0 Å². The molecular formula is C11H8F3N3O. The minimum absolute atomic E-state index is 0.0538. The molecule has 0 atom stereocenters. The highest BCUT2D eigenvalue weighted by Gasteiger charge is 2.35. The molecule has 0 fully saturated rings. The van der Waals surface area contributed by atoms with Crippen molar-refractivity contribution in [2.45, 2.75) is 12.8 Å². The molecule has 0 saturated carbocycles. The molecule has 94 valence electrons. The molecule has 0 aromatic carbocycles. The van der Waals surface area contributed by atoms with Gasteiger partial charge in [0.15, 0.2) is 11.5 Å². The van der Waals surface area contributed by atoms with E-state index in [2.05, 4.69) is 15.0 Å². The summed E-state index contributed by atoms with van der Waals surface area (Å²) in [6.45, 7) is -0.758. The Morgan fingerprint density at radius 2 is 1.83 bits per heavy atom. The molecule has 2 aromatic heterocycles. The van der Waals surface area contributed by atoms with Crippen LogP contribution in [0.25, 0.3) is 11.4 Å². The fourth-order valence-electron chi connectivity index (χ4n) is 1.41. The minimum Gasteiger partial charge on any atom is -0.392 e. The Morgan fingerprint density at radius 1 is 1.17 bits per heavy atom. The Kier molecular flexibility index (Phi) is 3.24. The molecule has 0 aliphatic heterocycles. The van der Waals surface area contributed by atoms with Crippen LogP contribution in [0.2, 0.25) is 0 Å². The second-order valence-corrected chi connectivity index (χ2v) is 3.46. The number of aliphatic hydroxyl groups is 1. The molecule has 0 amide bonds. The normalized spacial score (nSPS) is 11.6. The highest BCUT2D eigenvalue weighted by molar-refractivity contribution is 5.54. The summed E-state index contributed by atoms with van der Waals surface area (Å²) in [5.41, 5.74) is -1.04. The summed E-state index contributed by atoms with van der Waals surface area (Å²) in [6, 6.07) is 3.02. The van der Waals surface area contributed by atoms with E-state index in [1.165, 1.54) is 24.5 Å². The molecule has 0 unspecified atom stereocenters. The van der Waals surface area contributed by atoms with E-state index in [0.29, 0.717) is 5.56 Å². The van der Waals surface area contributed by atoms with Crippen molar-refractivity contribution in [2.24, 2.45) is 0 Å². The highest BCUT2D eigenvalue weighted by atomic mass is 19.4. The van der Waals surface area contributed by atoms with E-state index >= 15 is 0 Å². The van der Waals surface area contributed by atoms with E-state index in [1.807, 2.05) is 0 Å². The molecule has 0 bridgehead atoms. The topological polar surface area (TPSA) is 58.9 Å². The molecule has 1 N–H and O–H groups in total. The maximum absolute atomic E-state index is 12.7. The molecule has 2 aromatic rings. The molecule has 0 radical (unpaired) electrons. The van der Waals surface area contributed by atoms with Crippen molar-refractivity contribution in [2.75, 3.05) is 0 Å². The predicted octanol–water partition coefficient (Wildman–Crippen LogP) is 2.05. The number of halogens is 3. The van der Waals surface area contributed by atoms with E-state index < -0.39 is 18.5 Å². The Balaban J connectivity index is 2.53. The van der Waals surface area contributed by atoms with Crippen molar-refractivity contribution in [1.29, 1.82) is 0 Å². The first kappa shape index (κ1) is 12.4. The molecule has 0 spiro atoms. The van der Waals surface area contributed by atoms with Gasteiger partial charge in [-0.1, -0.05) is 0 Å². The van der Waals surface area contributed by atoms with Crippen molar-refractivity contribution < 1.29 is 18.3 Å². The molecule has 7 heteroatoms. The summed E-state index contributed by atoms with van der Waals surface area (Å²) >= 11 is 0. The van der Waals surface area contributed by atoms with Gasteiger partial charge in [0.25, 0.3) is 0 Å². The van der Waals surface area contributed by atoms with E-state index in [9.17, 15) is 13.2 Å². The van der Waals surface area contributed by atoms with Crippen molar-refractivity contribution in [3.8, 4) is 11.4 Å². The molecule has 0 aliphatic rings. The number of hydrogen-bond acceptors (Lipinski definition) is 4. The fraction of sp³-hybridized carbons (Fsp3) is 0.182. The number of rotatable bonds is 2. The number of alkyl halides is 3. The molecule has 2 heterocycles. The van der Waals surface area contributed by atoms with Gasteiger partial charge in [-0.05, 0) is 12.1 Å². The molecular weight excluding hydrogens is 247 g/mol. The molecule has 0 aliphatic carbocycles. The van der Waals surface area contributed by atoms with Gasteiger partial charge in [-0.25, -0.2) is 9.97 Å². The average Bonchev–Trinajstić information content (AvgIpc) is 2.38. The van der Waals surface area contributed by atoms with Crippen LogP contribution in [0.4, 0.5) is 13.2 Å². The Hall–Kier alpha value is -2.02. The van der Waals surface area contributed by atoms with Gasteiger partial charge < -0.3 is 5.11 Å². The summed E-state index contributed by atoms with van der Waals surface area (Å²) in [5, 5.41) is 8.85. The van der Waals surface area contributed by atoms with E-state index in [4.69, 9.17) is 5.11 Å². The third-order valence-electron chi connectivity index (χ3n) is 2.24. The number of hydrogen-bond donors (Lipinski definition) is 1. The van der Waals surface area contributed by atoms with Gasteiger partial charge >= 0.3 is 6.18 Å². The zero-order valence-corrected chi connectivity index (χ0v) is 9.02. The lowest BCUT2D eigenvalue weighted by Gasteiger charge is -2.11. The smallest absolute Gasteiger partial charge is 0.392 e. The number of pyridine rings is 1. The molecule has 2 rings (SSSR count). The van der Waals surface area contributed by atoms with Gasteiger partial charge in [0.1, 0.15) is 0 Å². The van der Waals surface area contributed by atoms with Gasteiger partial charge in [0.05, 0.1) is 6.61 Å². The Bertz CT molecular complexity index is 543. The molecule has 4 nitrogen and oxygen atoms in total. The third kappa shape index (κ3) is 2.45. The number of aliphatic hydroxyl groups excluding tert-OH is 1. The summed E-state index contributed by atoms with van der Waals surface area (Å²) in [5.74, 6) is -0.0538. The summed E-state index contributed by atoms with van der Waals surface area (Å²) in [7, 11) is 0. The Labute approximate surface area is 100 Å². The lowest BCUT2D eigenvalue weighted by atomic mass is 10.2. The number of aromatic nitrogens is 3. The summed E-state index contributed by atoms with van der Waals surface area (Å²) < 4.78 is 38.2. The quantitative estimate of drug-likeness (QED) is 0.892. The summed E-state index contributed by atoms with van der Waals surface area (Å²) in [4.78, 5) is 11.0. The maximum atomic E-state index is 12.7. The summed E-state index contributed by atoms with van der Waals surface area (Å²) in [6.07, 6.45) is -0.772. The zero-order chi connectivity index (χ0) is 13.2. The monoisotopic (exact) mass is 255 g/mol. The van der Waals surface area contributed by atoms with Crippen LogP contribution in [0.1, 0.15) is 11.3 Å². The minimum atomic E-state index is -4.62. The van der Waals surface area contributed by atoms with Crippen LogP contribution >= 0.6 is 0 Å². The zero-order valence-electron chi connectivity index (χ0n) is 9.02.